The smallest absolute Gasteiger partial charge is 0.316 e. The van der Waals surface area contributed by atoms with Gasteiger partial charge in [-0.3, -0.25) is 9.78 Å². The highest BCUT2D eigenvalue weighted by atomic mass is 16.5. The van der Waals surface area contributed by atoms with Crippen LogP contribution in [0.25, 0.3) is 0 Å². The molecule has 2 aromatic rings. The van der Waals surface area contributed by atoms with Gasteiger partial charge in [0.05, 0.1) is 13.2 Å². The van der Waals surface area contributed by atoms with Crippen LogP contribution in [-0.2, 0) is 4.79 Å². The van der Waals surface area contributed by atoms with Gasteiger partial charge in [0.2, 0.25) is 5.91 Å². The minimum Gasteiger partial charge on any atom is -0.497 e. The Kier molecular flexibility index (Phi) is 6.13. The minimum absolute atomic E-state index is 0.401. The standard InChI is InChI=1S/C21H26N4O3/c1-28-17-7-5-15(6-8-17)18(16-9-13-23-14-10-16)24-20(27)25-21(19(22)26)11-3-2-4-12-21/h5-10,13-14,18H,2-4,11-12H2,1H3,(H2,22,26)(H2,24,25,27). The van der Waals surface area contributed by atoms with Gasteiger partial charge in [0.25, 0.3) is 0 Å². The van der Waals surface area contributed by atoms with Gasteiger partial charge in [-0.1, -0.05) is 31.4 Å². The number of pyridine rings is 1. The molecule has 1 saturated carbocycles. The Morgan fingerprint density at radius 2 is 1.64 bits per heavy atom. The number of urea groups is 1. The highest BCUT2D eigenvalue weighted by molar-refractivity contribution is 5.90. The molecule has 1 heterocycles. The van der Waals surface area contributed by atoms with Gasteiger partial charge in [0.15, 0.2) is 0 Å². The summed E-state index contributed by atoms with van der Waals surface area (Å²) >= 11 is 0. The molecule has 3 amide bonds. The first-order valence-electron chi connectivity index (χ1n) is 9.46. The average molecular weight is 382 g/mol. The quantitative estimate of drug-likeness (QED) is 0.714. The number of nitrogens with one attached hydrogen (secondary N) is 2. The third kappa shape index (κ3) is 4.42. The summed E-state index contributed by atoms with van der Waals surface area (Å²) in [5.41, 5.74) is 6.42. The molecule has 0 radical (unpaired) electrons. The van der Waals surface area contributed by atoms with Gasteiger partial charge < -0.3 is 21.1 Å². The van der Waals surface area contributed by atoms with Gasteiger partial charge in [0, 0.05) is 12.4 Å². The molecule has 0 saturated heterocycles. The molecule has 7 nitrogen and oxygen atoms in total. The highest BCUT2D eigenvalue weighted by Gasteiger charge is 2.39. The number of primary amides is 1. The van der Waals surface area contributed by atoms with E-state index in [1.165, 1.54) is 0 Å². The summed E-state index contributed by atoms with van der Waals surface area (Å²) in [5, 5.41) is 5.85. The summed E-state index contributed by atoms with van der Waals surface area (Å²) in [5.74, 6) is 0.254. The Labute approximate surface area is 164 Å². The molecule has 28 heavy (non-hydrogen) atoms. The zero-order valence-corrected chi connectivity index (χ0v) is 16.0. The van der Waals surface area contributed by atoms with Crippen LogP contribution in [0, 0.1) is 0 Å². The van der Waals surface area contributed by atoms with Crippen LogP contribution in [0.1, 0.15) is 49.3 Å². The van der Waals surface area contributed by atoms with Gasteiger partial charge in [-0.05, 0) is 48.2 Å². The van der Waals surface area contributed by atoms with E-state index in [0.29, 0.717) is 12.8 Å². The molecule has 1 aromatic carbocycles. The number of nitrogens with two attached hydrogens (primary N) is 1. The van der Waals surface area contributed by atoms with Crippen LogP contribution < -0.4 is 21.1 Å². The number of carbonyl (C=O) groups is 2. The zero-order chi connectivity index (χ0) is 20.0. The number of methoxy groups -OCH3 is 1. The van der Waals surface area contributed by atoms with E-state index in [2.05, 4.69) is 15.6 Å². The van der Waals surface area contributed by atoms with Crippen molar-refractivity contribution in [2.75, 3.05) is 7.11 Å². The van der Waals surface area contributed by atoms with E-state index in [1.54, 1.807) is 19.5 Å². The molecule has 7 heteroatoms. The molecule has 3 rings (SSSR count). The van der Waals surface area contributed by atoms with Gasteiger partial charge in [-0.2, -0.15) is 0 Å². The van der Waals surface area contributed by atoms with Crippen LogP contribution in [-0.4, -0.2) is 29.6 Å². The minimum atomic E-state index is -0.981. The molecule has 0 aliphatic heterocycles. The van der Waals surface area contributed by atoms with Crippen molar-refractivity contribution in [1.82, 2.24) is 15.6 Å². The molecule has 148 valence electrons. The van der Waals surface area contributed by atoms with Crippen molar-refractivity contribution in [2.45, 2.75) is 43.7 Å². The maximum Gasteiger partial charge on any atom is 0.316 e. The molecule has 0 spiro atoms. The van der Waals surface area contributed by atoms with Gasteiger partial charge in [-0.15, -0.1) is 0 Å². The maximum atomic E-state index is 12.8. The number of ether oxygens (including phenoxy) is 1. The number of hydrogen-bond acceptors (Lipinski definition) is 4. The molecule has 1 aromatic heterocycles. The Morgan fingerprint density at radius 3 is 2.21 bits per heavy atom. The first kappa shape index (κ1) is 19.7. The summed E-state index contributed by atoms with van der Waals surface area (Å²) in [6.07, 6.45) is 7.28. The Balaban J connectivity index is 1.82. The van der Waals surface area contributed by atoms with Crippen molar-refractivity contribution in [3.8, 4) is 5.75 Å². The highest BCUT2D eigenvalue weighted by Crippen LogP contribution is 2.29. The maximum absolute atomic E-state index is 12.8. The monoisotopic (exact) mass is 382 g/mol. The third-order valence-corrected chi connectivity index (χ3v) is 5.30. The summed E-state index contributed by atoms with van der Waals surface area (Å²) in [6, 6.07) is 10.4. The Bertz CT molecular complexity index is 802. The van der Waals surface area contributed by atoms with Crippen molar-refractivity contribution in [3.05, 3.63) is 59.9 Å². The number of carbonyl (C=O) groups excluding carboxylic acids is 2. The second-order valence-corrected chi connectivity index (χ2v) is 7.09. The van der Waals surface area contributed by atoms with Gasteiger partial charge in [0.1, 0.15) is 11.3 Å². The van der Waals surface area contributed by atoms with Crippen molar-refractivity contribution in [3.63, 3.8) is 0 Å². The number of hydrogen-bond donors (Lipinski definition) is 3. The third-order valence-electron chi connectivity index (χ3n) is 5.30. The number of benzene rings is 1. The molecule has 1 aliphatic carbocycles. The Hall–Kier alpha value is -3.09. The number of rotatable bonds is 6. The van der Waals surface area contributed by atoms with E-state index in [4.69, 9.17) is 10.5 Å². The van der Waals surface area contributed by atoms with Crippen LogP contribution in [0.3, 0.4) is 0 Å². The second kappa shape index (κ2) is 8.73. The Morgan fingerprint density at radius 1 is 1.04 bits per heavy atom. The first-order valence-corrected chi connectivity index (χ1v) is 9.46. The predicted octanol–water partition coefficient (Wildman–Crippen LogP) is 2.67. The van der Waals surface area contributed by atoms with Crippen LogP contribution in [0.4, 0.5) is 4.79 Å². The fraction of sp³-hybridized carbons (Fsp3) is 0.381. The van der Waals surface area contributed by atoms with Crippen molar-refractivity contribution in [2.24, 2.45) is 5.73 Å². The fourth-order valence-corrected chi connectivity index (χ4v) is 3.68. The van der Waals surface area contributed by atoms with Crippen molar-refractivity contribution >= 4 is 11.9 Å². The first-order chi connectivity index (χ1) is 13.5. The van der Waals surface area contributed by atoms with Crippen LogP contribution in [0.5, 0.6) is 5.75 Å². The zero-order valence-electron chi connectivity index (χ0n) is 16.0. The lowest BCUT2D eigenvalue weighted by atomic mass is 9.81. The van der Waals surface area contributed by atoms with E-state index in [-0.39, 0.29) is 0 Å². The van der Waals surface area contributed by atoms with E-state index >= 15 is 0 Å². The van der Waals surface area contributed by atoms with E-state index in [1.807, 2.05) is 36.4 Å². The molecular formula is C21H26N4O3. The van der Waals surface area contributed by atoms with Gasteiger partial charge >= 0.3 is 6.03 Å². The lowest BCUT2D eigenvalue weighted by Gasteiger charge is -2.35. The number of amides is 3. The molecule has 1 aliphatic rings. The molecule has 1 fully saturated rings. The van der Waals surface area contributed by atoms with Crippen LogP contribution in [0.15, 0.2) is 48.8 Å². The molecule has 0 bridgehead atoms. The summed E-state index contributed by atoms with van der Waals surface area (Å²) < 4.78 is 5.21. The lowest BCUT2D eigenvalue weighted by Crippen LogP contribution is -2.60. The largest absolute Gasteiger partial charge is 0.497 e. The SMILES string of the molecule is COc1ccc(C(NC(=O)NC2(C(N)=O)CCCCC2)c2ccncc2)cc1. The van der Waals surface area contributed by atoms with E-state index in [0.717, 1.165) is 36.1 Å². The second-order valence-electron chi connectivity index (χ2n) is 7.09. The summed E-state index contributed by atoms with van der Waals surface area (Å²) in [4.78, 5) is 28.9. The summed E-state index contributed by atoms with van der Waals surface area (Å²) in [7, 11) is 1.61. The number of nitrogens with zero attached hydrogens (tertiary/aromatic N) is 1. The molecule has 1 unspecified atom stereocenters. The van der Waals surface area contributed by atoms with Crippen LogP contribution in [0.2, 0.25) is 0 Å². The lowest BCUT2D eigenvalue weighted by molar-refractivity contribution is -0.125. The van der Waals surface area contributed by atoms with E-state index in [9.17, 15) is 9.59 Å². The van der Waals surface area contributed by atoms with Crippen molar-refractivity contribution in [1.29, 1.82) is 0 Å². The number of aromatic nitrogens is 1. The topological polar surface area (TPSA) is 106 Å². The normalized spacial score (nSPS) is 16.6. The van der Waals surface area contributed by atoms with E-state index < -0.39 is 23.5 Å². The fourth-order valence-electron chi connectivity index (χ4n) is 3.68. The average Bonchev–Trinajstić information content (AvgIpc) is 2.73. The van der Waals surface area contributed by atoms with Crippen molar-refractivity contribution < 1.29 is 14.3 Å². The van der Waals surface area contributed by atoms with Gasteiger partial charge in [-0.25, -0.2) is 4.79 Å². The summed E-state index contributed by atoms with van der Waals surface area (Å²) in [6.45, 7) is 0. The molecule has 1 atom stereocenters. The molecule has 4 N–H and O–H groups in total. The van der Waals surface area contributed by atoms with Crippen LogP contribution >= 0.6 is 0 Å². The predicted molar refractivity (Wildman–Crippen MR) is 106 cm³/mol. The molecular weight excluding hydrogens is 356 g/mol.